The molecule has 1 unspecified atom stereocenters. The number of halogens is 3. The van der Waals surface area contributed by atoms with Crippen molar-refractivity contribution < 1.29 is 13.2 Å². The number of hydrazine groups is 1. The monoisotopic (exact) mass is 302 g/mol. The molecule has 0 radical (unpaired) electrons. The van der Waals surface area contributed by atoms with Crippen LogP contribution in [0.15, 0.2) is 24.3 Å². The molecule has 20 heavy (non-hydrogen) atoms. The SMILES string of the molecule is CCc1nnsc1C(NN)c1cccc(C(F)(F)F)c1. The van der Waals surface area contributed by atoms with Gasteiger partial charge in [-0.25, -0.2) is 5.43 Å². The standard InChI is InChI=1S/C12H13F3N4S/c1-2-9-11(20-19-18-9)10(17-16)7-4-3-5-8(6-7)12(13,14)15/h3-6,10,17H,2,16H2,1H3. The smallest absolute Gasteiger partial charge is 0.271 e. The van der Waals surface area contributed by atoms with E-state index < -0.39 is 17.8 Å². The minimum Gasteiger partial charge on any atom is -0.271 e. The maximum Gasteiger partial charge on any atom is 0.416 e. The highest BCUT2D eigenvalue weighted by Crippen LogP contribution is 2.33. The second kappa shape index (κ2) is 5.86. The molecule has 0 aliphatic rings. The number of aromatic nitrogens is 2. The molecule has 1 atom stereocenters. The van der Waals surface area contributed by atoms with Gasteiger partial charge in [0, 0.05) is 0 Å². The van der Waals surface area contributed by atoms with Crippen molar-refractivity contribution in [3.8, 4) is 0 Å². The number of nitrogens with zero attached hydrogens (tertiary/aromatic N) is 2. The van der Waals surface area contributed by atoms with Gasteiger partial charge in [-0.1, -0.05) is 23.5 Å². The van der Waals surface area contributed by atoms with Gasteiger partial charge >= 0.3 is 6.18 Å². The van der Waals surface area contributed by atoms with Crippen LogP contribution in [-0.2, 0) is 12.6 Å². The third-order valence-corrected chi connectivity index (χ3v) is 3.73. The van der Waals surface area contributed by atoms with Crippen LogP contribution in [0.3, 0.4) is 0 Å². The van der Waals surface area contributed by atoms with Crippen molar-refractivity contribution in [3.05, 3.63) is 46.0 Å². The summed E-state index contributed by atoms with van der Waals surface area (Å²) in [7, 11) is 0. The fourth-order valence-electron chi connectivity index (χ4n) is 1.90. The Labute approximate surface area is 117 Å². The van der Waals surface area contributed by atoms with E-state index in [9.17, 15) is 13.2 Å². The Balaban J connectivity index is 2.43. The van der Waals surface area contributed by atoms with Crippen LogP contribution in [0.4, 0.5) is 13.2 Å². The number of nitrogens with one attached hydrogen (secondary N) is 1. The predicted molar refractivity (Wildman–Crippen MR) is 69.9 cm³/mol. The average Bonchev–Trinajstić information content (AvgIpc) is 2.87. The number of hydrogen-bond donors (Lipinski definition) is 2. The fraction of sp³-hybridized carbons (Fsp3) is 0.333. The second-order valence-corrected chi connectivity index (χ2v) is 4.95. The molecular formula is C12H13F3N4S. The summed E-state index contributed by atoms with van der Waals surface area (Å²) < 4.78 is 42.1. The third kappa shape index (κ3) is 2.97. The molecule has 1 aromatic heterocycles. The molecule has 108 valence electrons. The molecule has 1 heterocycles. The Kier molecular flexibility index (Phi) is 4.36. The summed E-state index contributed by atoms with van der Waals surface area (Å²) in [5.41, 5.74) is 3.00. The van der Waals surface area contributed by atoms with Gasteiger partial charge in [-0.3, -0.25) is 5.84 Å². The summed E-state index contributed by atoms with van der Waals surface area (Å²) in [4.78, 5) is 0.731. The molecule has 0 amide bonds. The summed E-state index contributed by atoms with van der Waals surface area (Å²) in [6.07, 6.45) is -3.74. The van der Waals surface area contributed by atoms with Crippen molar-refractivity contribution >= 4 is 11.5 Å². The number of nitrogens with two attached hydrogens (primary N) is 1. The molecule has 0 fully saturated rings. The van der Waals surface area contributed by atoms with Crippen LogP contribution >= 0.6 is 11.5 Å². The molecule has 0 saturated heterocycles. The van der Waals surface area contributed by atoms with Crippen LogP contribution in [0.5, 0.6) is 0 Å². The van der Waals surface area contributed by atoms with Gasteiger partial charge in [-0.2, -0.15) is 13.2 Å². The van der Waals surface area contributed by atoms with E-state index in [1.54, 1.807) is 6.07 Å². The van der Waals surface area contributed by atoms with Crippen LogP contribution in [0.2, 0.25) is 0 Å². The van der Waals surface area contributed by atoms with Gasteiger partial charge in [0.1, 0.15) is 0 Å². The van der Waals surface area contributed by atoms with Gasteiger partial charge < -0.3 is 0 Å². The van der Waals surface area contributed by atoms with Crippen molar-refractivity contribution in [2.75, 3.05) is 0 Å². The van der Waals surface area contributed by atoms with Crippen molar-refractivity contribution in [3.63, 3.8) is 0 Å². The Morgan fingerprint density at radius 3 is 2.75 bits per heavy atom. The van der Waals surface area contributed by atoms with E-state index in [0.29, 0.717) is 12.0 Å². The Morgan fingerprint density at radius 2 is 2.15 bits per heavy atom. The van der Waals surface area contributed by atoms with Gasteiger partial charge in [0.05, 0.1) is 22.2 Å². The molecule has 0 bridgehead atoms. The first-order valence-electron chi connectivity index (χ1n) is 5.91. The number of aryl methyl sites for hydroxylation is 1. The maximum absolute atomic E-state index is 12.7. The van der Waals surface area contributed by atoms with E-state index in [4.69, 9.17) is 5.84 Å². The number of rotatable bonds is 4. The van der Waals surface area contributed by atoms with Crippen LogP contribution < -0.4 is 11.3 Å². The lowest BCUT2D eigenvalue weighted by Crippen LogP contribution is -2.29. The number of benzene rings is 1. The zero-order chi connectivity index (χ0) is 14.8. The molecule has 4 nitrogen and oxygen atoms in total. The lowest BCUT2D eigenvalue weighted by atomic mass is 10.0. The fourth-order valence-corrected chi connectivity index (χ4v) is 2.73. The minimum absolute atomic E-state index is 0.433. The first-order valence-corrected chi connectivity index (χ1v) is 6.69. The maximum atomic E-state index is 12.7. The molecule has 8 heteroatoms. The van der Waals surface area contributed by atoms with Crippen LogP contribution in [0, 0.1) is 0 Å². The van der Waals surface area contributed by atoms with Gasteiger partial charge in [-0.05, 0) is 35.6 Å². The highest BCUT2D eigenvalue weighted by Gasteiger charge is 2.31. The van der Waals surface area contributed by atoms with Gasteiger partial charge in [0.15, 0.2) is 0 Å². The van der Waals surface area contributed by atoms with Crippen molar-refractivity contribution in [1.82, 2.24) is 15.0 Å². The Hall–Kier alpha value is -1.51. The van der Waals surface area contributed by atoms with Gasteiger partial charge in [0.25, 0.3) is 0 Å². The summed E-state index contributed by atoms with van der Waals surface area (Å²) in [6.45, 7) is 1.90. The van der Waals surface area contributed by atoms with Crippen molar-refractivity contribution in [2.45, 2.75) is 25.6 Å². The molecular weight excluding hydrogens is 289 g/mol. The molecule has 0 aliphatic heterocycles. The van der Waals surface area contributed by atoms with E-state index in [1.165, 1.54) is 6.07 Å². The summed E-state index contributed by atoms with van der Waals surface area (Å²) >= 11 is 1.13. The zero-order valence-corrected chi connectivity index (χ0v) is 11.4. The largest absolute Gasteiger partial charge is 0.416 e. The quantitative estimate of drug-likeness (QED) is 0.673. The van der Waals surface area contributed by atoms with E-state index in [1.807, 2.05) is 6.92 Å². The van der Waals surface area contributed by atoms with E-state index in [2.05, 4.69) is 15.0 Å². The second-order valence-electron chi connectivity index (χ2n) is 4.16. The van der Waals surface area contributed by atoms with E-state index >= 15 is 0 Å². The number of hydrogen-bond acceptors (Lipinski definition) is 5. The highest BCUT2D eigenvalue weighted by molar-refractivity contribution is 7.05. The van der Waals surface area contributed by atoms with Crippen LogP contribution in [0.1, 0.15) is 34.7 Å². The summed E-state index contributed by atoms with van der Waals surface area (Å²) in [6, 6.07) is 4.53. The topological polar surface area (TPSA) is 63.8 Å². The highest BCUT2D eigenvalue weighted by atomic mass is 32.1. The van der Waals surface area contributed by atoms with Gasteiger partial charge in [0.2, 0.25) is 0 Å². The van der Waals surface area contributed by atoms with Crippen molar-refractivity contribution in [1.29, 1.82) is 0 Å². The summed E-state index contributed by atoms with van der Waals surface area (Å²) in [5, 5.41) is 3.95. The summed E-state index contributed by atoms with van der Waals surface area (Å²) in [5.74, 6) is 5.50. The molecule has 0 saturated carbocycles. The molecule has 1 aromatic carbocycles. The normalized spacial score (nSPS) is 13.4. The molecule has 2 rings (SSSR count). The number of alkyl halides is 3. The lowest BCUT2D eigenvalue weighted by Gasteiger charge is -2.17. The molecule has 0 spiro atoms. The van der Waals surface area contributed by atoms with Crippen LogP contribution in [0.25, 0.3) is 0 Å². The minimum atomic E-state index is -4.38. The molecule has 3 N–H and O–H groups in total. The zero-order valence-electron chi connectivity index (χ0n) is 10.6. The molecule has 0 aliphatic carbocycles. The molecule has 2 aromatic rings. The van der Waals surface area contributed by atoms with E-state index in [-0.39, 0.29) is 0 Å². The van der Waals surface area contributed by atoms with Crippen molar-refractivity contribution in [2.24, 2.45) is 5.84 Å². The van der Waals surface area contributed by atoms with Gasteiger partial charge in [-0.15, -0.1) is 5.10 Å². The Morgan fingerprint density at radius 1 is 1.40 bits per heavy atom. The average molecular weight is 302 g/mol. The first-order chi connectivity index (χ1) is 9.47. The predicted octanol–water partition coefficient (Wildman–Crippen LogP) is 2.67. The first kappa shape index (κ1) is 14.9. The van der Waals surface area contributed by atoms with Crippen LogP contribution in [-0.4, -0.2) is 9.59 Å². The van der Waals surface area contributed by atoms with E-state index in [0.717, 1.165) is 34.2 Å². The Bertz CT molecular complexity index is 582. The lowest BCUT2D eigenvalue weighted by molar-refractivity contribution is -0.137. The third-order valence-electron chi connectivity index (χ3n) is 2.90.